The molecule has 1 aliphatic heterocycles. The van der Waals surface area contributed by atoms with Gasteiger partial charge in [-0.05, 0) is 12.1 Å². The van der Waals surface area contributed by atoms with Gasteiger partial charge in [0.15, 0.2) is 0 Å². The van der Waals surface area contributed by atoms with Gasteiger partial charge in [-0.2, -0.15) is 0 Å². The number of hydrogen-bond donors (Lipinski definition) is 3. The van der Waals surface area contributed by atoms with Gasteiger partial charge in [0.25, 0.3) is 5.91 Å². The molecular formula is C12H13FN2O4. The van der Waals surface area contributed by atoms with Crippen molar-refractivity contribution in [2.75, 3.05) is 12.3 Å². The van der Waals surface area contributed by atoms with Gasteiger partial charge in [0, 0.05) is 13.0 Å². The SMILES string of the molecule is Nc1c(F)cccc1C(=O)N1C[C@H](O)C[C@@H]1C(=O)O. The minimum Gasteiger partial charge on any atom is -0.480 e. The Hall–Kier alpha value is -2.15. The van der Waals surface area contributed by atoms with Gasteiger partial charge in [-0.3, -0.25) is 4.79 Å². The summed E-state index contributed by atoms with van der Waals surface area (Å²) in [5, 5.41) is 18.5. The zero-order valence-electron chi connectivity index (χ0n) is 9.91. The number of nitrogens with two attached hydrogens (primary N) is 1. The quantitative estimate of drug-likeness (QED) is 0.658. The van der Waals surface area contributed by atoms with Crippen LogP contribution in [0.3, 0.4) is 0 Å². The summed E-state index contributed by atoms with van der Waals surface area (Å²) in [5.74, 6) is -2.64. The van der Waals surface area contributed by atoms with Crippen LogP contribution in [-0.2, 0) is 4.79 Å². The highest BCUT2D eigenvalue weighted by atomic mass is 19.1. The van der Waals surface area contributed by atoms with E-state index >= 15 is 0 Å². The Morgan fingerprint density at radius 3 is 2.74 bits per heavy atom. The van der Waals surface area contributed by atoms with Crippen LogP contribution in [-0.4, -0.2) is 45.7 Å². The number of aliphatic carboxylic acids is 1. The summed E-state index contributed by atoms with van der Waals surface area (Å²) in [4.78, 5) is 24.2. The normalized spacial score (nSPS) is 22.5. The molecule has 1 aliphatic rings. The summed E-state index contributed by atoms with van der Waals surface area (Å²) in [7, 11) is 0. The van der Waals surface area contributed by atoms with E-state index in [4.69, 9.17) is 10.8 Å². The third kappa shape index (κ3) is 2.37. The van der Waals surface area contributed by atoms with Gasteiger partial charge in [-0.25, -0.2) is 9.18 Å². The van der Waals surface area contributed by atoms with Gasteiger partial charge < -0.3 is 20.8 Å². The molecule has 0 radical (unpaired) electrons. The molecule has 102 valence electrons. The highest BCUT2D eigenvalue weighted by Gasteiger charge is 2.39. The monoisotopic (exact) mass is 268 g/mol. The average molecular weight is 268 g/mol. The van der Waals surface area contributed by atoms with E-state index in [1.807, 2.05) is 0 Å². The number of nitrogens with zero attached hydrogens (tertiary/aromatic N) is 1. The molecule has 1 fully saturated rings. The Bertz CT molecular complexity index is 534. The Balaban J connectivity index is 2.33. The van der Waals surface area contributed by atoms with Gasteiger partial charge in [-0.1, -0.05) is 6.07 Å². The Kier molecular flexibility index (Phi) is 3.39. The molecule has 0 saturated carbocycles. The minimum absolute atomic E-state index is 0.0453. The van der Waals surface area contributed by atoms with Crippen molar-refractivity contribution in [1.29, 1.82) is 0 Å². The van der Waals surface area contributed by atoms with Gasteiger partial charge in [0.2, 0.25) is 0 Å². The highest BCUT2D eigenvalue weighted by molar-refractivity contribution is 6.01. The van der Waals surface area contributed by atoms with E-state index in [-0.39, 0.29) is 24.2 Å². The van der Waals surface area contributed by atoms with Crippen molar-refractivity contribution in [3.05, 3.63) is 29.6 Å². The first-order chi connectivity index (χ1) is 8.91. The maximum absolute atomic E-state index is 13.3. The molecule has 0 spiro atoms. The van der Waals surface area contributed by atoms with Crippen molar-refractivity contribution in [3.63, 3.8) is 0 Å². The van der Waals surface area contributed by atoms with Gasteiger partial charge >= 0.3 is 5.97 Å². The van der Waals surface area contributed by atoms with Crippen LogP contribution in [0.2, 0.25) is 0 Å². The van der Waals surface area contributed by atoms with Gasteiger partial charge in [0.1, 0.15) is 11.9 Å². The summed E-state index contributed by atoms with van der Waals surface area (Å²) in [5.41, 5.74) is 5.06. The van der Waals surface area contributed by atoms with E-state index in [2.05, 4.69) is 0 Å². The van der Waals surface area contributed by atoms with Crippen LogP contribution in [0.15, 0.2) is 18.2 Å². The first-order valence-electron chi connectivity index (χ1n) is 5.67. The number of β-amino-alcohol motifs (C(OH)–C–C–N with tert-alkyl or cyclic N) is 1. The number of aliphatic hydroxyl groups excluding tert-OH is 1. The molecule has 6 nitrogen and oxygen atoms in total. The third-order valence-electron chi connectivity index (χ3n) is 3.11. The molecule has 1 saturated heterocycles. The van der Waals surface area contributed by atoms with Crippen molar-refractivity contribution in [2.45, 2.75) is 18.6 Å². The van der Waals surface area contributed by atoms with Crippen LogP contribution in [0.4, 0.5) is 10.1 Å². The zero-order valence-corrected chi connectivity index (χ0v) is 9.91. The lowest BCUT2D eigenvalue weighted by Crippen LogP contribution is -2.40. The number of halogens is 1. The summed E-state index contributed by atoms with van der Waals surface area (Å²) in [6.07, 6.45) is -0.948. The number of para-hydroxylation sites is 1. The lowest BCUT2D eigenvalue weighted by atomic mass is 10.1. The highest BCUT2D eigenvalue weighted by Crippen LogP contribution is 2.24. The third-order valence-corrected chi connectivity index (χ3v) is 3.11. The zero-order chi connectivity index (χ0) is 14.2. The second kappa shape index (κ2) is 4.85. The second-order valence-corrected chi connectivity index (χ2v) is 4.40. The number of rotatable bonds is 2. The molecule has 0 bridgehead atoms. The molecule has 19 heavy (non-hydrogen) atoms. The molecule has 1 heterocycles. The number of nitrogen functional groups attached to an aromatic ring is 1. The van der Waals surface area contributed by atoms with Gasteiger partial charge in [-0.15, -0.1) is 0 Å². The molecule has 0 aliphatic carbocycles. The Morgan fingerprint density at radius 2 is 2.11 bits per heavy atom. The predicted octanol–water partition coefficient (Wildman–Crippen LogP) is 0.0679. The van der Waals surface area contributed by atoms with Crippen LogP contribution in [0, 0.1) is 5.82 Å². The summed E-state index contributed by atoms with van der Waals surface area (Å²) < 4.78 is 13.3. The number of benzene rings is 1. The van der Waals surface area contributed by atoms with Crippen LogP contribution < -0.4 is 5.73 Å². The predicted molar refractivity (Wildman–Crippen MR) is 63.9 cm³/mol. The molecule has 0 unspecified atom stereocenters. The summed E-state index contributed by atoms with van der Waals surface area (Å²) in [6, 6.07) is 2.63. The lowest BCUT2D eigenvalue weighted by molar-refractivity contribution is -0.141. The largest absolute Gasteiger partial charge is 0.480 e. The fourth-order valence-corrected chi connectivity index (χ4v) is 2.15. The topological polar surface area (TPSA) is 104 Å². The van der Waals surface area contributed by atoms with Crippen molar-refractivity contribution < 1.29 is 24.2 Å². The van der Waals surface area contributed by atoms with Crippen molar-refractivity contribution >= 4 is 17.6 Å². The van der Waals surface area contributed by atoms with E-state index in [0.717, 1.165) is 11.0 Å². The van der Waals surface area contributed by atoms with E-state index in [0.29, 0.717) is 0 Å². The molecular weight excluding hydrogens is 255 g/mol. The van der Waals surface area contributed by atoms with Crippen molar-refractivity contribution in [2.24, 2.45) is 0 Å². The number of carbonyl (C=O) groups is 2. The Labute approximate surface area is 108 Å². The fourth-order valence-electron chi connectivity index (χ4n) is 2.15. The first-order valence-corrected chi connectivity index (χ1v) is 5.67. The lowest BCUT2D eigenvalue weighted by Gasteiger charge is -2.21. The number of carboxylic acid groups (broad SMARTS) is 1. The van der Waals surface area contributed by atoms with Crippen molar-refractivity contribution in [1.82, 2.24) is 4.90 Å². The molecule has 2 rings (SSSR count). The maximum Gasteiger partial charge on any atom is 0.326 e. The number of likely N-dealkylation sites (tertiary alicyclic amines) is 1. The molecule has 2 atom stereocenters. The number of amides is 1. The van der Waals surface area contributed by atoms with Crippen molar-refractivity contribution in [3.8, 4) is 0 Å². The number of aliphatic hydroxyl groups is 1. The van der Waals surface area contributed by atoms with Crippen LogP contribution in [0.5, 0.6) is 0 Å². The first kappa shape index (κ1) is 13.3. The van der Waals surface area contributed by atoms with Crippen LogP contribution >= 0.6 is 0 Å². The van der Waals surface area contributed by atoms with Gasteiger partial charge in [0.05, 0.1) is 17.4 Å². The molecule has 4 N–H and O–H groups in total. The van der Waals surface area contributed by atoms with E-state index in [1.165, 1.54) is 12.1 Å². The fraction of sp³-hybridized carbons (Fsp3) is 0.333. The average Bonchev–Trinajstić information content (AvgIpc) is 2.74. The molecule has 1 amide bonds. The Morgan fingerprint density at radius 1 is 1.42 bits per heavy atom. The minimum atomic E-state index is -1.21. The maximum atomic E-state index is 13.3. The number of hydrogen-bond acceptors (Lipinski definition) is 4. The molecule has 1 aromatic rings. The molecule has 7 heteroatoms. The summed E-state index contributed by atoms with van der Waals surface area (Å²) >= 11 is 0. The number of anilines is 1. The van der Waals surface area contributed by atoms with Crippen LogP contribution in [0.1, 0.15) is 16.8 Å². The van der Waals surface area contributed by atoms with E-state index in [1.54, 1.807) is 0 Å². The van der Waals surface area contributed by atoms with E-state index in [9.17, 15) is 19.1 Å². The molecule has 0 aromatic heterocycles. The molecule has 1 aromatic carbocycles. The number of carboxylic acids is 1. The number of carbonyl (C=O) groups excluding carboxylic acids is 1. The van der Waals surface area contributed by atoms with Crippen LogP contribution in [0.25, 0.3) is 0 Å². The smallest absolute Gasteiger partial charge is 0.326 e. The van der Waals surface area contributed by atoms with E-state index < -0.39 is 29.8 Å². The second-order valence-electron chi connectivity index (χ2n) is 4.40. The standard InChI is InChI=1S/C12H13FN2O4/c13-8-3-1-2-7(10(8)14)11(17)15-5-6(16)4-9(15)12(18)19/h1-3,6,9,16H,4-5,14H2,(H,18,19)/t6-,9-/m1/s1. The summed E-state index contributed by atoms with van der Waals surface area (Å²) in [6.45, 7) is -0.105.